The van der Waals surface area contributed by atoms with Crippen molar-refractivity contribution in [3.8, 4) is 0 Å². The van der Waals surface area contributed by atoms with Gasteiger partial charge in [0.2, 0.25) is 0 Å². The Kier molecular flexibility index (Phi) is 3.55. The topological polar surface area (TPSA) is 15.3 Å². The fourth-order valence-electron chi connectivity index (χ4n) is 3.23. The molecule has 0 bridgehead atoms. The van der Waals surface area contributed by atoms with Gasteiger partial charge >= 0.3 is 0 Å². The smallest absolute Gasteiger partial charge is 0.125 e. The number of halogens is 2. The molecule has 2 unspecified atom stereocenters. The van der Waals surface area contributed by atoms with Crippen LogP contribution in [0, 0.1) is 11.7 Å². The molecule has 2 fully saturated rings. The van der Waals surface area contributed by atoms with Crippen molar-refractivity contribution in [2.24, 2.45) is 5.92 Å². The van der Waals surface area contributed by atoms with Gasteiger partial charge in [0, 0.05) is 30.7 Å². The van der Waals surface area contributed by atoms with E-state index in [1.807, 2.05) is 6.07 Å². The number of nitrogens with zero attached hydrogens (tertiary/aromatic N) is 1. The first kappa shape index (κ1) is 12.4. The highest BCUT2D eigenvalue weighted by Crippen LogP contribution is 2.26. The van der Waals surface area contributed by atoms with Crippen LogP contribution < -0.4 is 5.32 Å². The number of likely N-dealkylation sites (tertiary alicyclic amines) is 1. The highest BCUT2D eigenvalue weighted by Gasteiger charge is 2.33. The van der Waals surface area contributed by atoms with Crippen LogP contribution in [0.2, 0.25) is 5.02 Å². The summed E-state index contributed by atoms with van der Waals surface area (Å²) in [6, 6.07) is 5.43. The number of hydrogen-bond acceptors (Lipinski definition) is 2. The normalized spacial score (nSPS) is 28.3. The summed E-state index contributed by atoms with van der Waals surface area (Å²) >= 11 is 5.89. The van der Waals surface area contributed by atoms with Gasteiger partial charge in [0.05, 0.1) is 0 Å². The van der Waals surface area contributed by atoms with Crippen LogP contribution in [-0.2, 0) is 6.54 Å². The van der Waals surface area contributed by atoms with Crippen LogP contribution in [-0.4, -0.2) is 30.6 Å². The average molecular weight is 269 g/mol. The summed E-state index contributed by atoms with van der Waals surface area (Å²) in [4.78, 5) is 2.40. The minimum atomic E-state index is -0.243. The van der Waals surface area contributed by atoms with Crippen molar-refractivity contribution in [2.75, 3.05) is 19.6 Å². The van der Waals surface area contributed by atoms with Crippen LogP contribution >= 0.6 is 11.6 Å². The molecule has 18 heavy (non-hydrogen) atoms. The molecular formula is C14H18ClFN2. The lowest BCUT2D eigenvalue weighted by atomic mass is 9.94. The van der Waals surface area contributed by atoms with Gasteiger partial charge in [-0.15, -0.1) is 0 Å². The second-order valence-electron chi connectivity index (χ2n) is 5.43. The van der Waals surface area contributed by atoms with E-state index in [9.17, 15) is 4.39 Å². The fourth-order valence-corrected chi connectivity index (χ4v) is 3.47. The summed E-state index contributed by atoms with van der Waals surface area (Å²) < 4.78 is 13.3. The van der Waals surface area contributed by atoms with Crippen molar-refractivity contribution in [3.63, 3.8) is 0 Å². The molecule has 98 valence electrons. The van der Waals surface area contributed by atoms with E-state index in [1.165, 1.54) is 18.9 Å². The fraction of sp³-hybridized carbons (Fsp3) is 0.571. The summed E-state index contributed by atoms with van der Waals surface area (Å²) in [7, 11) is 0. The Morgan fingerprint density at radius 1 is 1.33 bits per heavy atom. The number of nitrogens with one attached hydrogen (secondary N) is 1. The van der Waals surface area contributed by atoms with Crippen molar-refractivity contribution in [1.82, 2.24) is 10.2 Å². The van der Waals surface area contributed by atoms with E-state index in [0.717, 1.165) is 37.7 Å². The molecule has 2 nitrogen and oxygen atoms in total. The summed E-state index contributed by atoms with van der Waals surface area (Å²) in [5, 5.41) is 4.06. The summed E-state index contributed by atoms with van der Waals surface area (Å²) in [5.74, 6) is 0.523. The Labute approximate surface area is 112 Å². The molecule has 0 amide bonds. The van der Waals surface area contributed by atoms with E-state index in [1.54, 1.807) is 6.07 Å². The van der Waals surface area contributed by atoms with Crippen molar-refractivity contribution in [1.29, 1.82) is 0 Å². The van der Waals surface area contributed by atoms with Crippen LogP contribution in [0.1, 0.15) is 18.4 Å². The van der Waals surface area contributed by atoms with Crippen LogP contribution in [0.15, 0.2) is 18.2 Å². The zero-order chi connectivity index (χ0) is 12.5. The van der Waals surface area contributed by atoms with Crippen molar-refractivity contribution >= 4 is 11.6 Å². The lowest BCUT2D eigenvalue weighted by molar-refractivity contribution is 0.312. The molecule has 2 heterocycles. The summed E-state index contributed by atoms with van der Waals surface area (Å²) in [6.45, 7) is 4.12. The maximum atomic E-state index is 13.3. The van der Waals surface area contributed by atoms with Crippen molar-refractivity contribution in [2.45, 2.75) is 25.4 Å². The maximum Gasteiger partial charge on any atom is 0.125 e. The van der Waals surface area contributed by atoms with Gasteiger partial charge in [-0.05, 0) is 49.1 Å². The molecule has 4 heteroatoms. The number of rotatable bonds is 2. The van der Waals surface area contributed by atoms with Gasteiger partial charge < -0.3 is 5.32 Å². The Morgan fingerprint density at radius 2 is 2.22 bits per heavy atom. The quantitative estimate of drug-likeness (QED) is 0.887. The Morgan fingerprint density at radius 3 is 3.00 bits per heavy atom. The standard InChI is InChI=1S/C14H18ClFN2/c15-12-4-10(5-13(16)6-12)7-18-8-11-2-1-3-17-14(11)9-18/h4-6,11,14,17H,1-3,7-9H2. The van der Waals surface area contributed by atoms with Crippen LogP contribution in [0.4, 0.5) is 4.39 Å². The molecule has 0 aliphatic carbocycles. The molecular weight excluding hydrogens is 251 g/mol. The first-order valence-corrected chi connectivity index (χ1v) is 6.99. The van der Waals surface area contributed by atoms with Gasteiger partial charge in [-0.1, -0.05) is 11.6 Å². The molecule has 3 rings (SSSR count). The second kappa shape index (κ2) is 5.16. The molecule has 2 aliphatic heterocycles. The molecule has 0 radical (unpaired) electrons. The Bertz CT molecular complexity index is 404. The zero-order valence-corrected chi connectivity index (χ0v) is 11.1. The SMILES string of the molecule is Fc1cc(Cl)cc(CN2CC3CCCNC3C2)c1. The third kappa shape index (κ3) is 2.68. The number of benzene rings is 1. The van der Waals surface area contributed by atoms with E-state index in [0.29, 0.717) is 11.1 Å². The third-order valence-corrected chi connectivity index (χ3v) is 4.22. The zero-order valence-electron chi connectivity index (χ0n) is 10.3. The first-order valence-electron chi connectivity index (χ1n) is 6.61. The molecule has 1 aromatic carbocycles. The van der Waals surface area contributed by atoms with Gasteiger partial charge in [-0.3, -0.25) is 4.90 Å². The first-order chi connectivity index (χ1) is 8.70. The minimum Gasteiger partial charge on any atom is -0.312 e. The maximum absolute atomic E-state index is 13.3. The average Bonchev–Trinajstić information content (AvgIpc) is 2.69. The molecule has 2 atom stereocenters. The van der Waals surface area contributed by atoms with Gasteiger partial charge in [-0.2, -0.15) is 0 Å². The van der Waals surface area contributed by atoms with Crippen LogP contribution in [0.5, 0.6) is 0 Å². The van der Waals surface area contributed by atoms with E-state index in [-0.39, 0.29) is 5.82 Å². The number of hydrogen-bond donors (Lipinski definition) is 1. The molecule has 1 aromatic rings. The van der Waals surface area contributed by atoms with Crippen molar-refractivity contribution < 1.29 is 4.39 Å². The predicted octanol–water partition coefficient (Wildman–Crippen LogP) is 2.66. The van der Waals surface area contributed by atoms with Crippen LogP contribution in [0.3, 0.4) is 0 Å². The summed E-state index contributed by atoms with van der Waals surface area (Å²) in [6.07, 6.45) is 2.60. The van der Waals surface area contributed by atoms with E-state index in [2.05, 4.69) is 10.2 Å². The monoisotopic (exact) mass is 268 g/mol. The lowest BCUT2D eigenvalue weighted by Crippen LogP contribution is -2.40. The molecule has 0 aromatic heterocycles. The minimum absolute atomic E-state index is 0.243. The van der Waals surface area contributed by atoms with E-state index < -0.39 is 0 Å². The van der Waals surface area contributed by atoms with Gasteiger partial charge in [0.15, 0.2) is 0 Å². The van der Waals surface area contributed by atoms with E-state index >= 15 is 0 Å². The highest BCUT2D eigenvalue weighted by atomic mass is 35.5. The number of piperidine rings is 1. The molecule has 0 saturated carbocycles. The van der Waals surface area contributed by atoms with E-state index in [4.69, 9.17) is 11.6 Å². The predicted molar refractivity (Wildman–Crippen MR) is 71.2 cm³/mol. The number of fused-ring (bicyclic) bond motifs is 1. The van der Waals surface area contributed by atoms with Gasteiger partial charge in [0.25, 0.3) is 0 Å². The Balaban J connectivity index is 1.66. The molecule has 1 N–H and O–H groups in total. The van der Waals surface area contributed by atoms with Crippen LogP contribution in [0.25, 0.3) is 0 Å². The van der Waals surface area contributed by atoms with Gasteiger partial charge in [0.1, 0.15) is 5.82 Å². The largest absolute Gasteiger partial charge is 0.312 e. The Hall–Kier alpha value is -0.640. The summed E-state index contributed by atoms with van der Waals surface area (Å²) in [5.41, 5.74) is 0.971. The molecule has 0 spiro atoms. The second-order valence-corrected chi connectivity index (χ2v) is 5.87. The molecule has 2 aliphatic rings. The molecule has 2 saturated heterocycles. The third-order valence-electron chi connectivity index (χ3n) is 4.00. The lowest BCUT2D eigenvalue weighted by Gasteiger charge is -2.24. The highest BCUT2D eigenvalue weighted by molar-refractivity contribution is 6.30. The van der Waals surface area contributed by atoms with Gasteiger partial charge in [-0.25, -0.2) is 4.39 Å². The van der Waals surface area contributed by atoms with Crippen molar-refractivity contribution in [3.05, 3.63) is 34.6 Å².